The Balaban J connectivity index is 2.46. The molecule has 2 nitrogen and oxygen atoms in total. The first-order valence-corrected chi connectivity index (χ1v) is 7.02. The second-order valence-corrected chi connectivity index (χ2v) is 5.23. The molecule has 0 aliphatic heterocycles. The van der Waals surface area contributed by atoms with E-state index in [-0.39, 0.29) is 0 Å². The lowest BCUT2D eigenvalue weighted by atomic mass is 10.1. The van der Waals surface area contributed by atoms with Gasteiger partial charge in [0.15, 0.2) is 0 Å². The molecule has 17 heavy (non-hydrogen) atoms. The van der Waals surface area contributed by atoms with E-state index in [0.717, 1.165) is 27.4 Å². The summed E-state index contributed by atoms with van der Waals surface area (Å²) in [5.74, 6) is 0.432. The second-order valence-electron chi connectivity index (χ2n) is 4.24. The van der Waals surface area contributed by atoms with E-state index in [1.54, 1.807) is 0 Å². The van der Waals surface area contributed by atoms with E-state index in [9.17, 15) is 0 Å². The molecule has 0 atom stereocenters. The fourth-order valence-corrected chi connectivity index (χ4v) is 2.15. The third-order valence-electron chi connectivity index (χ3n) is 2.60. The minimum absolute atomic E-state index is 0.432. The van der Waals surface area contributed by atoms with Crippen LogP contribution in [0.3, 0.4) is 0 Å². The highest BCUT2D eigenvalue weighted by atomic mass is 79.9. The Labute approximate surface area is 115 Å². The molecule has 1 aromatic heterocycles. The molecule has 0 aliphatic carbocycles. The molecular weight excluding hydrogens is 300 g/mol. The Morgan fingerprint density at radius 1 is 1.29 bits per heavy atom. The summed E-state index contributed by atoms with van der Waals surface area (Å²) in [6.07, 6.45) is 0. The summed E-state index contributed by atoms with van der Waals surface area (Å²) in [6, 6.07) is 9.85. The third-order valence-corrected chi connectivity index (χ3v) is 3.43. The Morgan fingerprint density at radius 2 is 1.94 bits per heavy atom. The normalized spacial score (nSPS) is 11.1. The van der Waals surface area contributed by atoms with Crippen molar-refractivity contribution in [1.82, 2.24) is 9.78 Å². The van der Waals surface area contributed by atoms with Gasteiger partial charge < -0.3 is 0 Å². The average molecular weight is 314 g/mol. The van der Waals surface area contributed by atoms with E-state index in [2.05, 4.69) is 40.9 Å². The molecule has 0 radical (unpaired) electrons. The van der Waals surface area contributed by atoms with Gasteiger partial charge in [0.25, 0.3) is 0 Å². The van der Waals surface area contributed by atoms with Crippen LogP contribution in [0.4, 0.5) is 0 Å². The van der Waals surface area contributed by atoms with E-state index in [1.807, 2.05) is 28.9 Å². The zero-order chi connectivity index (χ0) is 12.4. The fraction of sp³-hybridized carbons (Fsp3) is 0.308. The quantitative estimate of drug-likeness (QED) is 0.760. The fourth-order valence-electron chi connectivity index (χ4n) is 1.62. The number of rotatable bonds is 3. The molecular formula is C13H14BrClN2. The molecule has 0 aliphatic rings. The summed E-state index contributed by atoms with van der Waals surface area (Å²) in [5.41, 5.74) is 3.29. The van der Waals surface area contributed by atoms with Crippen LogP contribution in [0, 0.1) is 0 Å². The standard InChI is InChI=1S/C13H14BrClN2/c1-9(2)13-7-12(8-14)17(16-13)11-5-3-10(15)4-6-11/h3-7,9H,8H2,1-2H3. The monoisotopic (exact) mass is 312 g/mol. The van der Waals surface area contributed by atoms with E-state index in [4.69, 9.17) is 11.6 Å². The van der Waals surface area contributed by atoms with Crippen LogP contribution in [-0.4, -0.2) is 9.78 Å². The van der Waals surface area contributed by atoms with Crippen molar-refractivity contribution in [2.45, 2.75) is 25.1 Å². The van der Waals surface area contributed by atoms with Crippen molar-refractivity contribution >= 4 is 27.5 Å². The highest BCUT2D eigenvalue weighted by molar-refractivity contribution is 9.08. The maximum Gasteiger partial charge on any atom is 0.0657 e. The van der Waals surface area contributed by atoms with Crippen molar-refractivity contribution in [3.05, 3.63) is 46.7 Å². The number of alkyl halides is 1. The van der Waals surface area contributed by atoms with Crippen molar-refractivity contribution in [2.24, 2.45) is 0 Å². The summed E-state index contributed by atoms with van der Waals surface area (Å²) in [6.45, 7) is 4.29. The van der Waals surface area contributed by atoms with Crippen LogP contribution < -0.4 is 0 Å². The van der Waals surface area contributed by atoms with Crippen LogP contribution in [0.1, 0.15) is 31.2 Å². The summed E-state index contributed by atoms with van der Waals surface area (Å²) in [4.78, 5) is 0. The predicted molar refractivity (Wildman–Crippen MR) is 75.3 cm³/mol. The van der Waals surface area contributed by atoms with Crippen LogP contribution in [0.15, 0.2) is 30.3 Å². The van der Waals surface area contributed by atoms with Gasteiger partial charge in [0.05, 0.1) is 17.1 Å². The second kappa shape index (κ2) is 5.23. The first kappa shape index (κ1) is 12.7. The Morgan fingerprint density at radius 3 is 2.47 bits per heavy atom. The van der Waals surface area contributed by atoms with Crippen LogP contribution in [0.2, 0.25) is 5.02 Å². The van der Waals surface area contributed by atoms with Gasteiger partial charge in [-0.2, -0.15) is 5.10 Å². The molecule has 0 saturated heterocycles. The predicted octanol–water partition coefficient (Wildman–Crippen LogP) is 4.54. The molecule has 2 rings (SSSR count). The molecule has 0 unspecified atom stereocenters. The maximum absolute atomic E-state index is 5.89. The number of benzene rings is 1. The van der Waals surface area contributed by atoms with E-state index >= 15 is 0 Å². The Bertz CT molecular complexity index is 503. The largest absolute Gasteiger partial charge is 0.237 e. The number of halogens is 2. The maximum atomic E-state index is 5.89. The van der Waals surface area contributed by atoms with Crippen molar-refractivity contribution < 1.29 is 0 Å². The van der Waals surface area contributed by atoms with Gasteiger partial charge in [-0.05, 0) is 36.2 Å². The van der Waals surface area contributed by atoms with Gasteiger partial charge in [0, 0.05) is 10.4 Å². The highest BCUT2D eigenvalue weighted by Gasteiger charge is 2.10. The minimum Gasteiger partial charge on any atom is -0.237 e. The molecule has 0 spiro atoms. The SMILES string of the molecule is CC(C)c1cc(CBr)n(-c2ccc(Cl)cc2)n1. The average Bonchev–Trinajstić information content (AvgIpc) is 2.74. The topological polar surface area (TPSA) is 17.8 Å². The van der Waals surface area contributed by atoms with Crippen LogP contribution >= 0.6 is 27.5 Å². The van der Waals surface area contributed by atoms with Gasteiger partial charge in [-0.3, -0.25) is 0 Å². The zero-order valence-electron chi connectivity index (χ0n) is 9.82. The molecule has 1 aromatic carbocycles. The highest BCUT2D eigenvalue weighted by Crippen LogP contribution is 2.21. The molecule has 1 heterocycles. The van der Waals surface area contributed by atoms with E-state index in [0.29, 0.717) is 5.92 Å². The smallest absolute Gasteiger partial charge is 0.0657 e. The molecule has 0 N–H and O–H groups in total. The molecule has 4 heteroatoms. The van der Waals surface area contributed by atoms with E-state index in [1.165, 1.54) is 0 Å². The van der Waals surface area contributed by atoms with Gasteiger partial charge in [0.2, 0.25) is 0 Å². The van der Waals surface area contributed by atoms with Crippen molar-refractivity contribution in [3.8, 4) is 5.69 Å². The lowest BCUT2D eigenvalue weighted by Crippen LogP contribution is -2.01. The van der Waals surface area contributed by atoms with Gasteiger partial charge in [-0.1, -0.05) is 41.4 Å². The molecule has 90 valence electrons. The van der Waals surface area contributed by atoms with Gasteiger partial charge in [0.1, 0.15) is 0 Å². The van der Waals surface area contributed by atoms with Crippen molar-refractivity contribution in [3.63, 3.8) is 0 Å². The number of nitrogens with zero attached hydrogens (tertiary/aromatic N) is 2. The first-order chi connectivity index (χ1) is 8.11. The lowest BCUT2D eigenvalue weighted by Gasteiger charge is -2.05. The molecule has 2 aromatic rings. The summed E-state index contributed by atoms with van der Waals surface area (Å²) in [7, 11) is 0. The van der Waals surface area contributed by atoms with Gasteiger partial charge in [-0.15, -0.1) is 0 Å². The summed E-state index contributed by atoms with van der Waals surface area (Å²) < 4.78 is 1.96. The Hall–Kier alpha value is -0.800. The lowest BCUT2D eigenvalue weighted by molar-refractivity contribution is 0.759. The van der Waals surface area contributed by atoms with Crippen LogP contribution in [0.25, 0.3) is 5.69 Å². The van der Waals surface area contributed by atoms with Gasteiger partial charge >= 0.3 is 0 Å². The zero-order valence-corrected chi connectivity index (χ0v) is 12.2. The van der Waals surface area contributed by atoms with Crippen molar-refractivity contribution in [2.75, 3.05) is 0 Å². The van der Waals surface area contributed by atoms with Crippen molar-refractivity contribution in [1.29, 1.82) is 0 Å². The number of hydrogen-bond acceptors (Lipinski definition) is 1. The molecule has 0 fully saturated rings. The van der Waals surface area contributed by atoms with Crippen LogP contribution in [-0.2, 0) is 5.33 Å². The van der Waals surface area contributed by atoms with Crippen LogP contribution in [0.5, 0.6) is 0 Å². The number of hydrogen-bond donors (Lipinski definition) is 0. The van der Waals surface area contributed by atoms with Gasteiger partial charge in [-0.25, -0.2) is 4.68 Å². The number of aromatic nitrogens is 2. The minimum atomic E-state index is 0.432. The summed E-state index contributed by atoms with van der Waals surface area (Å²) in [5, 5.41) is 6.15. The molecule has 0 bridgehead atoms. The molecule has 0 saturated carbocycles. The molecule has 0 amide bonds. The third kappa shape index (κ3) is 2.72. The van der Waals surface area contributed by atoms with E-state index < -0.39 is 0 Å². The summed E-state index contributed by atoms with van der Waals surface area (Å²) >= 11 is 9.39. The Kier molecular flexibility index (Phi) is 3.89. The first-order valence-electron chi connectivity index (χ1n) is 5.52.